The molecule has 0 spiro atoms. The Morgan fingerprint density at radius 2 is 1.70 bits per heavy atom. The van der Waals surface area contributed by atoms with Crippen molar-refractivity contribution >= 4 is 17.4 Å². The van der Waals surface area contributed by atoms with Crippen molar-refractivity contribution < 1.29 is 9.53 Å². The van der Waals surface area contributed by atoms with Gasteiger partial charge in [-0.2, -0.15) is 0 Å². The first kappa shape index (κ1) is 18.5. The van der Waals surface area contributed by atoms with Gasteiger partial charge in [-0.1, -0.05) is 25.1 Å². The van der Waals surface area contributed by atoms with E-state index < -0.39 is 0 Å². The zero-order valence-electron chi connectivity index (χ0n) is 15.5. The summed E-state index contributed by atoms with van der Waals surface area (Å²) >= 11 is 0. The monoisotopic (exact) mass is 361 g/mol. The van der Waals surface area contributed by atoms with E-state index in [1.807, 2.05) is 60.7 Å². The number of benzene rings is 2. The second-order valence-electron chi connectivity index (χ2n) is 6.28. The van der Waals surface area contributed by atoms with Crippen LogP contribution in [0.25, 0.3) is 0 Å². The lowest BCUT2D eigenvalue weighted by molar-refractivity contribution is 0.102. The molecule has 1 aromatic heterocycles. The third-order valence-corrected chi connectivity index (χ3v) is 4.12. The molecule has 3 aromatic rings. The van der Waals surface area contributed by atoms with E-state index in [1.165, 1.54) is 0 Å². The molecule has 1 unspecified atom stereocenters. The van der Waals surface area contributed by atoms with Gasteiger partial charge in [-0.25, -0.2) is 4.98 Å². The van der Waals surface area contributed by atoms with Crippen molar-refractivity contribution in [2.45, 2.75) is 26.3 Å². The molecule has 1 atom stereocenters. The molecule has 2 N–H and O–H groups in total. The van der Waals surface area contributed by atoms with Crippen molar-refractivity contribution in [2.75, 3.05) is 10.6 Å². The lowest BCUT2D eigenvalue weighted by atomic mass is 10.2. The molecule has 1 heterocycles. The van der Waals surface area contributed by atoms with Gasteiger partial charge < -0.3 is 15.4 Å². The van der Waals surface area contributed by atoms with Gasteiger partial charge in [-0.15, -0.1) is 0 Å². The molecule has 27 heavy (non-hydrogen) atoms. The molecular weight excluding hydrogens is 338 g/mol. The zero-order chi connectivity index (χ0) is 19.1. The van der Waals surface area contributed by atoms with Gasteiger partial charge in [0.05, 0.1) is 5.56 Å². The lowest BCUT2D eigenvalue weighted by Crippen LogP contribution is -2.15. The number of carbonyl (C=O) groups excluding carboxylic acids is 1. The number of carbonyl (C=O) groups is 1. The standard InChI is InChI=1S/C22H23N3O2/c1-3-16(2)24-21-14-9-17(15-23-21)22(26)25-18-10-12-20(13-11-18)27-19-7-5-4-6-8-19/h4-16H,3H2,1-2H3,(H,23,24)(H,25,26). The maximum atomic E-state index is 12.4. The fraction of sp³-hybridized carbons (Fsp3) is 0.182. The molecule has 0 aliphatic heterocycles. The Labute approximate surface area is 159 Å². The maximum absolute atomic E-state index is 12.4. The number of nitrogens with zero attached hydrogens (tertiary/aromatic N) is 1. The summed E-state index contributed by atoms with van der Waals surface area (Å²) in [6, 6.07) is 20.7. The van der Waals surface area contributed by atoms with Crippen LogP contribution in [0.15, 0.2) is 72.9 Å². The highest BCUT2D eigenvalue weighted by molar-refractivity contribution is 6.04. The van der Waals surface area contributed by atoms with E-state index in [4.69, 9.17) is 4.74 Å². The van der Waals surface area contributed by atoms with E-state index in [0.29, 0.717) is 23.0 Å². The van der Waals surface area contributed by atoms with Gasteiger partial charge in [0.2, 0.25) is 0 Å². The van der Waals surface area contributed by atoms with Gasteiger partial charge in [0.15, 0.2) is 0 Å². The quantitative estimate of drug-likeness (QED) is 0.596. The van der Waals surface area contributed by atoms with Crippen molar-refractivity contribution in [1.29, 1.82) is 0 Å². The number of amides is 1. The number of aromatic nitrogens is 1. The molecule has 0 saturated heterocycles. The molecule has 0 saturated carbocycles. The van der Waals surface area contributed by atoms with E-state index >= 15 is 0 Å². The Morgan fingerprint density at radius 1 is 1.00 bits per heavy atom. The minimum absolute atomic E-state index is 0.200. The Morgan fingerprint density at radius 3 is 2.33 bits per heavy atom. The number of nitrogens with one attached hydrogen (secondary N) is 2. The third kappa shape index (κ3) is 5.31. The van der Waals surface area contributed by atoms with Crippen molar-refractivity contribution in [3.63, 3.8) is 0 Å². The molecule has 5 heteroatoms. The molecule has 0 radical (unpaired) electrons. The second-order valence-corrected chi connectivity index (χ2v) is 6.28. The summed E-state index contributed by atoms with van der Waals surface area (Å²) in [6.07, 6.45) is 2.58. The van der Waals surface area contributed by atoms with Crippen LogP contribution in [0.1, 0.15) is 30.6 Å². The average Bonchev–Trinajstić information content (AvgIpc) is 2.70. The number of hydrogen-bond acceptors (Lipinski definition) is 4. The summed E-state index contributed by atoms with van der Waals surface area (Å²) in [5.74, 6) is 2.05. The number of hydrogen-bond donors (Lipinski definition) is 2. The number of pyridine rings is 1. The molecule has 138 valence electrons. The van der Waals surface area contributed by atoms with Gasteiger partial charge in [0.25, 0.3) is 5.91 Å². The van der Waals surface area contributed by atoms with Crippen LogP contribution in [-0.4, -0.2) is 16.9 Å². The number of para-hydroxylation sites is 1. The van der Waals surface area contributed by atoms with Gasteiger partial charge in [0, 0.05) is 17.9 Å². The summed E-state index contributed by atoms with van der Waals surface area (Å²) < 4.78 is 5.75. The predicted octanol–water partition coefficient (Wildman–Crippen LogP) is 5.34. The molecule has 1 amide bonds. The van der Waals surface area contributed by atoms with E-state index in [1.54, 1.807) is 12.3 Å². The largest absolute Gasteiger partial charge is 0.457 e. The number of rotatable bonds is 7. The van der Waals surface area contributed by atoms with Gasteiger partial charge in [-0.05, 0) is 61.9 Å². The van der Waals surface area contributed by atoms with Crippen LogP contribution in [0.5, 0.6) is 11.5 Å². The van der Waals surface area contributed by atoms with Crippen molar-refractivity contribution in [3.05, 3.63) is 78.5 Å². The zero-order valence-corrected chi connectivity index (χ0v) is 15.5. The lowest BCUT2D eigenvalue weighted by Gasteiger charge is -2.12. The summed E-state index contributed by atoms with van der Waals surface area (Å²) in [4.78, 5) is 16.7. The SMILES string of the molecule is CCC(C)Nc1ccc(C(=O)Nc2ccc(Oc3ccccc3)cc2)cn1. The molecule has 0 bridgehead atoms. The molecule has 5 nitrogen and oxygen atoms in total. The first-order valence-corrected chi connectivity index (χ1v) is 9.01. The Hall–Kier alpha value is -3.34. The minimum atomic E-state index is -0.200. The Balaban J connectivity index is 1.59. The van der Waals surface area contributed by atoms with Crippen LogP contribution in [-0.2, 0) is 0 Å². The molecule has 0 aliphatic carbocycles. The molecule has 0 fully saturated rings. The smallest absolute Gasteiger partial charge is 0.257 e. The van der Waals surface area contributed by atoms with Crippen LogP contribution in [0.3, 0.4) is 0 Å². The van der Waals surface area contributed by atoms with E-state index in [0.717, 1.165) is 18.0 Å². The Bertz CT molecular complexity index is 862. The minimum Gasteiger partial charge on any atom is -0.457 e. The van der Waals surface area contributed by atoms with E-state index in [2.05, 4.69) is 29.5 Å². The van der Waals surface area contributed by atoms with Crippen LogP contribution in [0.2, 0.25) is 0 Å². The molecule has 3 rings (SSSR count). The first-order valence-electron chi connectivity index (χ1n) is 9.01. The highest BCUT2D eigenvalue weighted by atomic mass is 16.5. The summed E-state index contributed by atoms with van der Waals surface area (Å²) in [6.45, 7) is 4.20. The fourth-order valence-electron chi connectivity index (χ4n) is 2.40. The van der Waals surface area contributed by atoms with Crippen LogP contribution in [0.4, 0.5) is 11.5 Å². The first-order chi connectivity index (χ1) is 13.1. The number of anilines is 2. The average molecular weight is 361 g/mol. The van der Waals surface area contributed by atoms with Gasteiger partial charge in [0.1, 0.15) is 17.3 Å². The fourth-order valence-corrected chi connectivity index (χ4v) is 2.40. The van der Waals surface area contributed by atoms with Crippen LogP contribution >= 0.6 is 0 Å². The second kappa shape index (κ2) is 8.85. The van der Waals surface area contributed by atoms with Gasteiger partial charge >= 0.3 is 0 Å². The van der Waals surface area contributed by atoms with E-state index in [9.17, 15) is 4.79 Å². The Kier molecular flexibility index (Phi) is 6.05. The van der Waals surface area contributed by atoms with Crippen molar-refractivity contribution in [2.24, 2.45) is 0 Å². The normalized spacial score (nSPS) is 11.5. The highest BCUT2D eigenvalue weighted by Crippen LogP contribution is 2.23. The summed E-state index contributed by atoms with van der Waals surface area (Å²) in [7, 11) is 0. The third-order valence-electron chi connectivity index (χ3n) is 4.12. The summed E-state index contributed by atoms with van der Waals surface area (Å²) in [5, 5.41) is 6.14. The molecule has 0 aliphatic rings. The van der Waals surface area contributed by atoms with Crippen LogP contribution in [0, 0.1) is 0 Å². The van der Waals surface area contributed by atoms with Crippen molar-refractivity contribution in [3.8, 4) is 11.5 Å². The molecule has 2 aromatic carbocycles. The number of ether oxygens (including phenoxy) is 1. The van der Waals surface area contributed by atoms with E-state index in [-0.39, 0.29) is 5.91 Å². The highest BCUT2D eigenvalue weighted by Gasteiger charge is 2.08. The topological polar surface area (TPSA) is 63.2 Å². The maximum Gasteiger partial charge on any atom is 0.257 e. The van der Waals surface area contributed by atoms with Crippen LogP contribution < -0.4 is 15.4 Å². The molecular formula is C22H23N3O2. The predicted molar refractivity (Wildman–Crippen MR) is 109 cm³/mol. The van der Waals surface area contributed by atoms with Gasteiger partial charge in [-0.3, -0.25) is 4.79 Å². The summed E-state index contributed by atoms with van der Waals surface area (Å²) in [5.41, 5.74) is 1.21. The van der Waals surface area contributed by atoms with Crippen molar-refractivity contribution in [1.82, 2.24) is 4.98 Å².